The molecule has 7 heteroatoms. The molecule has 0 N–H and O–H groups in total. The van der Waals surface area contributed by atoms with Crippen LogP contribution in [0.2, 0.25) is 0 Å². The van der Waals surface area contributed by atoms with Gasteiger partial charge < -0.3 is 9.80 Å². The van der Waals surface area contributed by atoms with Crippen molar-refractivity contribution in [3.63, 3.8) is 0 Å². The van der Waals surface area contributed by atoms with E-state index in [0.29, 0.717) is 0 Å². The summed E-state index contributed by atoms with van der Waals surface area (Å²) in [5.74, 6) is 0. The third-order valence-electron chi connectivity index (χ3n) is 1.02. The monoisotopic (exact) mass is 294 g/mol. The van der Waals surface area contributed by atoms with Crippen LogP contribution >= 0.6 is 40.4 Å². The van der Waals surface area contributed by atoms with E-state index < -0.39 is 9.20 Å². The molecule has 0 amide bonds. The Balaban J connectivity index is 0.000000217. The van der Waals surface area contributed by atoms with Gasteiger partial charge in [0, 0.05) is 26.5 Å². The molecule has 1 heterocycles. The molecule has 76 valence electrons. The van der Waals surface area contributed by atoms with Gasteiger partial charge in [-0.2, -0.15) is 0 Å². The van der Waals surface area contributed by atoms with Crippen molar-refractivity contribution in [2.45, 2.75) is 0 Å². The number of hydrogen-bond donors (Lipinski definition) is 0. The molecular formula is C5H10Cl4FeN2. The van der Waals surface area contributed by atoms with Crippen molar-refractivity contribution in [3.8, 4) is 0 Å². The minimum absolute atomic E-state index is 1.03. The zero-order valence-corrected chi connectivity index (χ0v) is 10.7. The Hall–Kier alpha value is 1.02. The Kier molecular flexibility index (Phi) is 6.17. The van der Waals surface area contributed by atoms with Gasteiger partial charge in [-0.1, -0.05) is 0 Å². The fraction of sp³-hybridized carbons (Fsp3) is 0.600. The van der Waals surface area contributed by atoms with Crippen molar-refractivity contribution in [3.05, 3.63) is 12.4 Å². The molecule has 0 saturated carbocycles. The first kappa shape index (κ1) is 13.0. The van der Waals surface area contributed by atoms with Crippen LogP contribution in [0.25, 0.3) is 0 Å². The van der Waals surface area contributed by atoms with Gasteiger partial charge in [0.05, 0.1) is 6.67 Å². The van der Waals surface area contributed by atoms with E-state index in [-0.39, 0.29) is 0 Å². The first-order valence-corrected chi connectivity index (χ1v) is 8.99. The third kappa shape index (κ3) is 11.0. The summed E-state index contributed by atoms with van der Waals surface area (Å²) < 4.78 is 0. The van der Waals surface area contributed by atoms with E-state index in [4.69, 9.17) is 40.4 Å². The average Bonchev–Trinajstić information content (AvgIpc) is 2.09. The molecule has 0 aromatic carbocycles. The van der Waals surface area contributed by atoms with Gasteiger partial charge in [0.25, 0.3) is 0 Å². The van der Waals surface area contributed by atoms with Crippen molar-refractivity contribution in [1.29, 1.82) is 0 Å². The van der Waals surface area contributed by atoms with Gasteiger partial charge >= 0.3 is 49.6 Å². The van der Waals surface area contributed by atoms with Crippen molar-refractivity contribution >= 4 is 40.4 Å². The van der Waals surface area contributed by atoms with E-state index in [1.54, 1.807) is 0 Å². The summed E-state index contributed by atoms with van der Waals surface area (Å²) in [4.78, 5) is 4.25. The van der Waals surface area contributed by atoms with Gasteiger partial charge in [-0.3, -0.25) is 0 Å². The van der Waals surface area contributed by atoms with Crippen LogP contribution in [0.15, 0.2) is 12.4 Å². The van der Waals surface area contributed by atoms with Gasteiger partial charge in [-0.15, -0.1) is 0 Å². The van der Waals surface area contributed by atoms with Crippen molar-refractivity contribution < 1.29 is 9.20 Å². The van der Waals surface area contributed by atoms with Gasteiger partial charge in [0.2, 0.25) is 0 Å². The molecule has 0 spiro atoms. The number of nitrogens with zero attached hydrogens (tertiary/aromatic N) is 2. The number of halogens is 4. The molecule has 0 unspecified atom stereocenters. The number of rotatable bonds is 0. The van der Waals surface area contributed by atoms with Gasteiger partial charge in [0.15, 0.2) is 0 Å². The molecule has 2 nitrogen and oxygen atoms in total. The SMILES string of the molecule is CN1C=CN(C)C1.[Cl][Fe]([Cl])([Cl])[Cl]. The van der Waals surface area contributed by atoms with Crippen LogP contribution in [0.3, 0.4) is 0 Å². The molecule has 1 aliphatic heterocycles. The van der Waals surface area contributed by atoms with E-state index in [2.05, 4.69) is 36.3 Å². The molecule has 0 bridgehead atoms. The molecule has 0 radical (unpaired) electrons. The molecule has 0 atom stereocenters. The van der Waals surface area contributed by atoms with Gasteiger partial charge in [-0.25, -0.2) is 0 Å². The number of hydrogen-bond acceptors (Lipinski definition) is 2. The first-order chi connectivity index (χ1) is 5.29. The summed E-state index contributed by atoms with van der Waals surface area (Å²) in [6.07, 6.45) is 4.11. The molecule has 0 aromatic rings. The maximum absolute atomic E-state index is 4.95. The quantitative estimate of drug-likeness (QED) is 0.634. The maximum atomic E-state index is 4.95. The predicted molar refractivity (Wildman–Crippen MR) is 52.9 cm³/mol. The Morgan fingerprint density at radius 2 is 1.25 bits per heavy atom. The Morgan fingerprint density at radius 3 is 1.33 bits per heavy atom. The fourth-order valence-corrected chi connectivity index (χ4v) is 0.674. The summed E-state index contributed by atoms with van der Waals surface area (Å²) >= 11 is 0. The molecule has 0 fully saturated rings. The van der Waals surface area contributed by atoms with E-state index in [0.717, 1.165) is 6.67 Å². The zero-order chi connectivity index (χ0) is 9.78. The van der Waals surface area contributed by atoms with E-state index in [1.807, 2.05) is 0 Å². The summed E-state index contributed by atoms with van der Waals surface area (Å²) in [5.41, 5.74) is 0. The van der Waals surface area contributed by atoms with Crippen LogP contribution < -0.4 is 0 Å². The summed E-state index contributed by atoms with van der Waals surface area (Å²) in [6.45, 7) is 1.03. The molecule has 0 aromatic heterocycles. The van der Waals surface area contributed by atoms with Gasteiger partial charge in [-0.05, 0) is 0 Å². The summed E-state index contributed by atoms with van der Waals surface area (Å²) in [6, 6.07) is 0. The Morgan fingerprint density at radius 1 is 1.00 bits per heavy atom. The summed E-state index contributed by atoms with van der Waals surface area (Å²) in [7, 11) is 21.3. The fourth-order valence-electron chi connectivity index (χ4n) is 0.674. The zero-order valence-electron chi connectivity index (χ0n) is 6.62. The van der Waals surface area contributed by atoms with Crippen LogP contribution in [0.4, 0.5) is 0 Å². The Labute approximate surface area is 92.1 Å². The molecule has 12 heavy (non-hydrogen) atoms. The first-order valence-electron chi connectivity index (χ1n) is 2.91. The average molecular weight is 296 g/mol. The van der Waals surface area contributed by atoms with Crippen LogP contribution in [0.5, 0.6) is 0 Å². The third-order valence-corrected chi connectivity index (χ3v) is 1.02. The standard InChI is InChI=1S/C5H10N2.4ClH.Fe/c1-6-3-4-7(2)5-6;;;;;/h3-4H,5H2,1-2H3;4*1H;/q;;;;;+4/p-4. The normalized spacial score (nSPS) is 17.5. The second kappa shape index (κ2) is 5.69. The molecule has 1 rings (SSSR count). The van der Waals surface area contributed by atoms with E-state index in [1.165, 1.54) is 0 Å². The van der Waals surface area contributed by atoms with E-state index in [9.17, 15) is 0 Å². The van der Waals surface area contributed by atoms with Crippen LogP contribution in [-0.2, 0) is 9.20 Å². The Bertz CT molecular complexity index is 142. The molecule has 1 aliphatic rings. The molecule has 0 saturated heterocycles. The van der Waals surface area contributed by atoms with Crippen LogP contribution in [0, 0.1) is 0 Å². The topological polar surface area (TPSA) is 6.48 Å². The van der Waals surface area contributed by atoms with Crippen LogP contribution in [-0.4, -0.2) is 30.6 Å². The molecule has 0 aliphatic carbocycles. The minimum atomic E-state index is -2.61. The van der Waals surface area contributed by atoms with Crippen molar-refractivity contribution in [2.24, 2.45) is 0 Å². The van der Waals surface area contributed by atoms with Gasteiger partial charge in [0.1, 0.15) is 0 Å². The van der Waals surface area contributed by atoms with Crippen LogP contribution in [0.1, 0.15) is 0 Å². The second-order valence-corrected chi connectivity index (χ2v) is 13.2. The van der Waals surface area contributed by atoms with Crippen molar-refractivity contribution in [1.82, 2.24) is 9.80 Å². The summed E-state index contributed by atoms with van der Waals surface area (Å²) in [5, 5.41) is 0. The molecular weight excluding hydrogens is 286 g/mol. The van der Waals surface area contributed by atoms with Crippen molar-refractivity contribution in [2.75, 3.05) is 20.8 Å². The predicted octanol–water partition coefficient (Wildman–Crippen LogP) is 3.05. The van der Waals surface area contributed by atoms with E-state index >= 15 is 0 Å². The second-order valence-electron chi connectivity index (χ2n) is 2.26.